The van der Waals surface area contributed by atoms with Gasteiger partial charge in [0.15, 0.2) is 11.5 Å². The second-order valence-electron chi connectivity index (χ2n) is 7.76. The maximum atomic E-state index is 13.5. The molecule has 3 aromatic rings. The number of anilines is 1. The van der Waals surface area contributed by atoms with Crippen LogP contribution in [0.1, 0.15) is 5.56 Å². The number of hydrazone groups is 1. The van der Waals surface area contributed by atoms with Crippen LogP contribution in [0.2, 0.25) is 0 Å². The first-order valence-corrected chi connectivity index (χ1v) is 12.6. The fourth-order valence-corrected chi connectivity index (χ4v) is 4.82. The van der Waals surface area contributed by atoms with E-state index in [4.69, 9.17) is 14.2 Å². The summed E-state index contributed by atoms with van der Waals surface area (Å²) in [5.74, 6) is 0.107. The Morgan fingerprint density at radius 3 is 2.46 bits per heavy atom. The Bertz CT molecular complexity index is 1390. The first-order chi connectivity index (χ1) is 17.9. The van der Waals surface area contributed by atoms with Crippen molar-refractivity contribution >= 4 is 27.8 Å². The number of sulfonamides is 1. The predicted molar refractivity (Wildman–Crippen MR) is 136 cm³/mol. The van der Waals surface area contributed by atoms with Gasteiger partial charge in [-0.2, -0.15) is 5.10 Å². The molecule has 0 radical (unpaired) electrons. The number of benzene rings is 3. The van der Waals surface area contributed by atoms with Crippen molar-refractivity contribution in [3.63, 3.8) is 0 Å². The zero-order chi connectivity index (χ0) is 26.3. The van der Waals surface area contributed by atoms with E-state index in [1.54, 1.807) is 30.3 Å². The van der Waals surface area contributed by atoms with E-state index in [1.807, 2.05) is 0 Å². The smallest absolute Gasteiger partial charge is 0.264 e. The molecule has 0 aliphatic carbocycles. The van der Waals surface area contributed by atoms with Crippen LogP contribution in [-0.4, -0.2) is 46.9 Å². The quantitative estimate of drug-likeness (QED) is 0.247. The maximum Gasteiger partial charge on any atom is 0.264 e. The number of nitrogens with one attached hydrogen (secondary N) is 1. The number of nitrogens with zero attached hydrogens (tertiary/aromatic N) is 2. The Morgan fingerprint density at radius 1 is 1.05 bits per heavy atom. The standard InChI is InChI=1S/C26H24FN3O6S/c1-2-13-34-22-9-3-19(4-10-22)17-28-29-26(31)18-30(21-7-5-20(27)6-8-21)37(32,33)23-11-12-24-25(16-23)36-15-14-35-24/h2-12,16-17H,1,13-15,18H2,(H,29,31)/b28-17-. The van der Waals surface area contributed by atoms with Gasteiger partial charge in [-0.3, -0.25) is 9.10 Å². The van der Waals surface area contributed by atoms with Gasteiger partial charge in [0.05, 0.1) is 16.8 Å². The minimum Gasteiger partial charge on any atom is -0.490 e. The normalized spacial score (nSPS) is 12.7. The Hall–Kier alpha value is -4.38. The zero-order valence-electron chi connectivity index (χ0n) is 19.7. The molecule has 3 aromatic carbocycles. The van der Waals surface area contributed by atoms with Crippen molar-refractivity contribution in [2.75, 3.05) is 30.7 Å². The molecule has 4 rings (SSSR count). The monoisotopic (exact) mass is 525 g/mol. The van der Waals surface area contributed by atoms with Crippen molar-refractivity contribution in [1.82, 2.24) is 5.43 Å². The molecule has 192 valence electrons. The van der Waals surface area contributed by atoms with E-state index in [9.17, 15) is 17.6 Å². The van der Waals surface area contributed by atoms with Crippen molar-refractivity contribution in [2.45, 2.75) is 4.90 Å². The summed E-state index contributed by atoms with van der Waals surface area (Å²) in [6.07, 6.45) is 3.04. The number of hydrogen-bond acceptors (Lipinski definition) is 7. The Morgan fingerprint density at radius 2 is 1.76 bits per heavy atom. The molecule has 0 spiro atoms. The Kier molecular flexibility index (Phi) is 8.04. The van der Waals surface area contributed by atoms with E-state index in [2.05, 4.69) is 17.1 Å². The molecule has 0 aromatic heterocycles. The highest BCUT2D eigenvalue weighted by atomic mass is 32.2. The molecule has 37 heavy (non-hydrogen) atoms. The fourth-order valence-electron chi connectivity index (χ4n) is 3.38. The van der Waals surface area contributed by atoms with Crippen LogP contribution in [0.5, 0.6) is 17.2 Å². The molecule has 1 heterocycles. The average Bonchev–Trinajstić information content (AvgIpc) is 2.91. The van der Waals surface area contributed by atoms with E-state index in [0.29, 0.717) is 30.3 Å². The van der Waals surface area contributed by atoms with E-state index >= 15 is 0 Å². The lowest BCUT2D eigenvalue weighted by Gasteiger charge is -2.25. The van der Waals surface area contributed by atoms with E-state index in [-0.39, 0.29) is 22.9 Å². The van der Waals surface area contributed by atoms with Gasteiger partial charge in [0, 0.05) is 6.07 Å². The summed E-state index contributed by atoms with van der Waals surface area (Å²) in [6, 6.07) is 15.9. The molecule has 1 aliphatic heterocycles. The number of amides is 1. The summed E-state index contributed by atoms with van der Waals surface area (Å²) in [4.78, 5) is 12.6. The van der Waals surface area contributed by atoms with Gasteiger partial charge in [-0.05, 0) is 66.2 Å². The van der Waals surface area contributed by atoms with E-state index in [1.165, 1.54) is 36.5 Å². The minimum atomic E-state index is -4.24. The number of ether oxygens (including phenoxy) is 3. The first kappa shape index (κ1) is 25.7. The molecule has 0 atom stereocenters. The van der Waals surface area contributed by atoms with Gasteiger partial charge in [-0.25, -0.2) is 18.2 Å². The number of fused-ring (bicyclic) bond motifs is 1. The second-order valence-corrected chi connectivity index (χ2v) is 9.62. The third-order valence-corrected chi connectivity index (χ3v) is 6.92. The van der Waals surface area contributed by atoms with Crippen LogP contribution in [0, 0.1) is 5.82 Å². The summed E-state index contributed by atoms with van der Waals surface area (Å²) >= 11 is 0. The molecular formula is C26H24FN3O6S. The lowest BCUT2D eigenvalue weighted by atomic mass is 10.2. The van der Waals surface area contributed by atoms with Crippen LogP contribution < -0.4 is 23.9 Å². The van der Waals surface area contributed by atoms with Crippen molar-refractivity contribution < 1.29 is 31.8 Å². The molecule has 9 nitrogen and oxygen atoms in total. The number of carbonyl (C=O) groups is 1. The molecule has 1 aliphatic rings. The highest BCUT2D eigenvalue weighted by molar-refractivity contribution is 7.92. The molecule has 0 saturated heterocycles. The van der Waals surface area contributed by atoms with Gasteiger partial charge < -0.3 is 14.2 Å². The van der Waals surface area contributed by atoms with E-state index < -0.39 is 28.3 Å². The van der Waals surface area contributed by atoms with Crippen LogP contribution in [0.15, 0.2) is 89.4 Å². The number of hydrogen-bond donors (Lipinski definition) is 1. The number of carbonyl (C=O) groups excluding carboxylic acids is 1. The molecule has 1 N–H and O–H groups in total. The van der Waals surface area contributed by atoms with Gasteiger partial charge in [-0.15, -0.1) is 0 Å². The number of halogens is 1. The third-order valence-electron chi connectivity index (χ3n) is 5.15. The number of rotatable bonds is 10. The molecule has 1 amide bonds. The zero-order valence-corrected chi connectivity index (χ0v) is 20.5. The lowest BCUT2D eigenvalue weighted by molar-refractivity contribution is -0.119. The molecule has 0 saturated carbocycles. The Labute approximate surface area is 213 Å². The molecule has 0 fully saturated rings. The first-order valence-electron chi connectivity index (χ1n) is 11.2. The molecule has 0 bridgehead atoms. The van der Waals surface area contributed by atoms with Gasteiger partial charge in [0.1, 0.15) is 37.9 Å². The second kappa shape index (κ2) is 11.6. The van der Waals surface area contributed by atoms with Crippen molar-refractivity contribution in [3.05, 3.63) is 90.8 Å². The summed E-state index contributed by atoms with van der Waals surface area (Å²) in [5, 5.41) is 3.91. The summed E-state index contributed by atoms with van der Waals surface area (Å²) in [7, 11) is -4.24. The van der Waals surface area contributed by atoms with Crippen LogP contribution in [0.25, 0.3) is 0 Å². The summed E-state index contributed by atoms with van der Waals surface area (Å²) < 4.78 is 57.8. The van der Waals surface area contributed by atoms with Crippen LogP contribution in [0.3, 0.4) is 0 Å². The summed E-state index contributed by atoms with van der Waals surface area (Å²) in [6.45, 7) is 4.00. The SMILES string of the molecule is C=CCOc1ccc(/C=N\NC(=O)CN(c2ccc(F)cc2)S(=O)(=O)c2ccc3c(c2)OCCO3)cc1. The Balaban J connectivity index is 1.51. The van der Waals surface area contributed by atoms with Crippen LogP contribution >= 0.6 is 0 Å². The lowest BCUT2D eigenvalue weighted by Crippen LogP contribution is -2.39. The minimum absolute atomic E-state index is 0.102. The van der Waals surface area contributed by atoms with E-state index in [0.717, 1.165) is 16.4 Å². The topological polar surface area (TPSA) is 107 Å². The van der Waals surface area contributed by atoms with Gasteiger partial charge in [-0.1, -0.05) is 12.7 Å². The van der Waals surface area contributed by atoms with Crippen molar-refractivity contribution in [1.29, 1.82) is 0 Å². The average molecular weight is 526 g/mol. The van der Waals surface area contributed by atoms with Crippen LogP contribution in [-0.2, 0) is 14.8 Å². The largest absolute Gasteiger partial charge is 0.490 e. The predicted octanol–water partition coefficient (Wildman–Crippen LogP) is 3.51. The van der Waals surface area contributed by atoms with Gasteiger partial charge >= 0.3 is 0 Å². The highest BCUT2D eigenvalue weighted by Gasteiger charge is 2.29. The van der Waals surface area contributed by atoms with Gasteiger partial charge in [0.25, 0.3) is 15.9 Å². The molecule has 0 unspecified atom stereocenters. The van der Waals surface area contributed by atoms with Crippen molar-refractivity contribution in [2.24, 2.45) is 5.10 Å². The van der Waals surface area contributed by atoms with Gasteiger partial charge in [0.2, 0.25) is 0 Å². The maximum absolute atomic E-state index is 13.5. The molecule has 11 heteroatoms. The van der Waals surface area contributed by atoms with Crippen LogP contribution in [0.4, 0.5) is 10.1 Å². The van der Waals surface area contributed by atoms with Crippen molar-refractivity contribution in [3.8, 4) is 17.2 Å². The molecular weight excluding hydrogens is 501 g/mol. The third kappa shape index (κ3) is 6.44. The summed E-state index contributed by atoms with van der Waals surface area (Å²) in [5.41, 5.74) is 3.11. The fraction of sp³-hybridized carbons (Fsp3) is 0.154. The highest BCUT2D eigenvalue weighted by Crippen LogP contribution is 2.34.